The Kier molecular flexibility index (Phi) is 4.36. The molecule has 1 unspecified atom stereocenters. The number of anilines is 1. The van der Waals surface area contributed by atoms with Crippen molar-refractivity contribution in [2.24, 2.45) is 11.7 Å². The molecule has 20 heavy (non-hydrogen) atoms. The molecular formula is C14H23N3O2S. The zero-order valence-electron chi connectivity index (χ0n) is 12.0. The van der Waals surface area contributed by atoms with Crippen LogP contribution < -0.4 is 15.8 Å². The van der Waals surface area contributed by atoms with Crippen molar-refractivity contribution in [3.05, 3.63) is 24.3 Å². The number of nitrogens with one attached hydrogen (secondary N) is 2. The van der Waals surface area contributed by atoms with Crippen LogP contribution in [0, 0.1) is 5.92 Å². The first-order valence-electron chi connectivity index (χ1n) is 7.00. The fourth-order valence-electron chi connectivity index (χ4n) is 2.42. The molecule has 112 valence electrons. The Bertz CT molecular complexity index is 570. The van der Waals surface area contributed by atoms with Gasteiger partial charge in [0.2, 0.25) is 10.0 Å². The van der Waals surface area contributed by atoms with Gasteiger partial charge in [-0.3, -0.25) is 0 Å². The Labute approximate surface area is 121 Å². The molecule has 2 rings (SSSR count). The fraction of sp³-hybridized carbons (Fsp3) is 0.571. The predicted octanol–water partition coefficient (Wildman–Crippen LogP) is 1.52. The van der Waals surface area contributed by atoms with Gasteiger partial charge in [-0.1, -0.05) is 19.1 Å². The molecule has 0 saturated heterocycles. The first-order valence-corrected chi connectivity index (χ1v) is 8.48. The predicted molar refractivity (Wildman–Crippen MR) is 81.1 cm³/mol. The van der Waals surface area contributed by atoms with Crippen molar-refractivity contribution < 1.29 is 8.42 Å². The molecular weight excluding hydrogens is 274 g/mol. The molecule has 1 saturated carbocycles. The van der Waals surface area contributed by atoms with Crippen LogP contribution in [0.15, 0.2) is 29.2 Å². The number of benzene rings is 1. The molecule has 0 radical (unpaired) electrons. The number of sulfonamides is 1. The van der Waals surface area contributed by atoms with E-state index in [0.717, 1.165) is 12.8 Å². The topological polar surface area (TPSA) is 84.2 Å². The van der Waals surface area contributed by atoms with E-state index in [9.17, 15) is 8.42 Å². The lowest BCUT2D eigenvalue weighted by Gasteiger charge is -2.31. The van der Waals surface area contributed by atoms with E-state index in [0.29, 0.717) is 24.7 Å². The molecule has 4 N–H and O–H groups in total. The van der Waals surface area contributed by atoms with Crippen LogP contribution in [-0.4, -0.2) is 27.0 Å². The summed E-state index contributed by atoms with van der Waals surface area (Å²) in [5.74, 6) is 0.516. The van der Waals surface area contributed by atoms with E-state index in [-0.39, 0.29) is 10.4 Å². The highest BCUT2D eigenvalue weighted by Gasteiger charge is 2.41. The zero-order valence-corrected chi connectivity index (χ0v) is 12.8. The Balaban J connectivity index is 2.33. The van der Waals surface area contributed by atoms with Gasteiger partial charge in [-0.2, -0.15) is 0 Å². The van der Waals surface area contributed by atoms with E-state index in [2.05, 4.69) is 17.0 Å². The van der Waals surface area contributed by atoms with Crippen molar-refractivity contribution in [1.29, 1.82) is 0 Å². The third-order valence-electron chi connectivity index (χ3n) is 3.83. The summed E-state index contributed by atoms with van der Waals surface area (Å²) in [5, 5.41) is 3.36. The maximum atomic E-state index is 12.2. The summed E-state index contributed by atoms with van der Waals surface area (Å²) in [6.07, 6.45) is 2.28. The van der Waals surface area contributed by atoms with E-state index < -0.39 is 10.0 Å². The molecule has 1 aliphatic rings. The van der Waals surface area contributed by atoms with E-state index in [1.807, 2.05) is 6.07 Å². The lowest BCUT2D eigenvalue weighted by molar-refractivity contribution is 0.458. The molecule has 1 aliphatic carbocycles. The average molecular weight is 297 g/mol. The average Bonchev–Trinajstić information content (AvgIpc) is 3.23. The number of nitrogens with two attached hydrogens (primary N) is 1. The quantitative estimate of drug-likeness (QED) is 0.712. The van der Waals surface area contributed by atoms with Crippen molar-refractivity contribution in [2.75, 3.05) is 18.4 Å². The van der Waals surface area contributed by atoms with Crippen LogP contribution in [-0.2, 0) is 10.0 Å². The van der Waals surface area contributed by atoms with Crippen molar-refractivity contribution in [3.63, 3.8) is 0 Å². The number of para-hydroxylation sites is 1. The van der Waals surface area contributed by atoms with Crippen LogP contribution in [0.1, 0.15) is 26.7 Å². The van der Waals surface area contributed by atoms with Gasteiger partial charge in [-0.05, 0) is 37.8 Å². The molecule has 1 fully saturated rings. The molecule has 1 aromatic carbocycles. The van der Waals surface area contributed by atoms with Gasteiger partial charge in [0.25, 0.3) is 0 Å². The normalized spacial score (nSPS) is 18.6. The first-order chi connectivity index (χ1) is 9.43. The Hall–Kier alpha value is -1.11. The summed E-state index contributed by atoms with van der Waals surface area (Å²) < 4.78 is 27.0. The summed E-state index contributed by atoms with van der Waals surface area (Å²) >= 11 is 0. The summed E-state index contributed by atoms with van der Waals surface area (Å²) in [4.78, 5) is 0.280. The van der Waals surface area contributed by atoms with E-state index >= 15 is 0 Å². The number of hydrogen-bond donors (Lipinski definition) is 3. The Morgan fingerprint density at radius 3 is 2.55 bits per heavy atom. The van der Waals surface area contributed by atoms with E-state index in [1.54, 1.807) is 25.1 Å². The van der Waals surface area contributed by atoms with Crippen molar-refractivity contribution in [3.8, 4) is 0 Å². The molecule has 0 amide bonds. The summed E-state index contributed by atoms with van der Waals surface area (Å²) in [6, 6.07) is 6.97. The van der Waals surface area contributed by atoms with Crippen molar-refractivity contribution >= 4 is 15.7 Å². The molecule has 0 aliphatic heterocycles. The van der Waals surface area contributed by atoms with Gasteiger partial charge in [-0.15, -0.1) is 0 Å². The van der Waals surface area contributed by atoms with Crippen LogP contribution in [0.3, 0.4) is 0 Å². The molecule has 1 atom stereocenters. The minimum Gasteiger partial charge on any atom is -0.377 e. The van der Waals surface area contributed by atoms with Gasteiger partial charge in [0.1, 0.15) is 4.90 Å². The van der Waals surface area contributed by atoms with Gasteiger partial charge in [0.15, 0.2) is 0 Å². The van der Waals surface area contributed by atoms with Crippen molar-refractivity contribution in [1.82, 2.24) is 4.72 Å². The second-order valence-electron chi connectivity index (χ2n) is 5.52. The summed E-state index contributed by atoms with van der Waals surface area (Å²) in [6.45, 7) is 4.67. The van der Waals surface area contributed by atoms with Crippen LogP contribution in [0.4, 0.5) is 5.69 Å². The molecule has 0 aromatic heterocycles. The smallest absolute Gasteiger partial charge is 0.242 e. The van der Waals surface area contributed by atoms with E-state index in [1.165, 1.54) is 0 Å². The Morgan fingerprint density at radius 2 is 2.00 bits per heavy atom. The van der Waals surface area contributed by atoms with Gasteiger partial charge in [0.05, 0.1) is 5.69 Å². The minimum absolute atomic E-state index is 0.252. The zero-order chi connectivity index (χ0) is 14.8. The number of hydrogen-bond acceptors (Lipinski definition) is 4. The largest absolute Gasteiger partial charge is 0.377 e. The van der Waals surface area contributed by atoms with Crippen LogP contribution in [0.25, 0.3) is 0 Å². The third-order valence-corrected chi connectivity index (χ3v) is 5.44. The van der Waals surface area contributed by atoms with E-state index in [4.69, 9.17) is 5.73 Å². The Morgan fingerprint density at radius 1 is 1.35 bits per heavy atom. The van der Waals surface area contributed by atoms with Gasteiger partial charge in [-0.25, -0.2) is 13.1 Å². The minimum atomic E-state index is -3.48. The molecule has 0 spiro atoms. The molecule has 5 nitrogen and oxygen atoms in total. The molecule has 0 heterocycles. The highest BCUT2D eigenvalue weighted by molar-refractivity contribution is 7.89. The SMILES string of the molecule is CCNS(=O)(=O)c1ccccc1NC(C)(CN)C1CC1. The lowest BCUT2D eigenvalue weighted by Crippen LogP contribution is -2.45. The highest BCUT2D eigenvalue weighted by atomic mass is 32.2. The molecule has 6 heteroatoms. The highest BCUT2D eigenvalue weighted by Crippen LogP contribution is 2.41. The van der Waals surface area contributed by atoms with Gasteiger partial charge >= 0.3 is 0 Å². The summed E-state index contributed by atoms with van der Waals surface area (Å²) in [5.41, 5.74) is 6.25. The maximum Gasteiger partial charge on any atom is 0.242 e. The second-order valence-corrected chi connectivity index (χ2v) is 7.25. The van der Waals surface area contributed by atoms with Crippen LogP contribution in [0.2, 0.25) is 0 Å². The van der Waals surface area contributed by atoms with Gasteiger partial charge < -0.3 is 11.1 Å². The standard InChI is InChI=1S/C14H23N3O2S/c1-3-16-20(18,19)13-7-5-4-6-12(13)17-14(2,10-15)11-8-9-11/h4-7,11,16-17H,3,8-10,15H2,1-2H3. The number of rotatable bonds is 7. The second kappa shape index (κ2) is 5.71. The third kappa shape index (κ3) is 3.13. The van der Waals surface area contributed by atoms with Gasteiger partial charge in [0, 0.05) is 18.6 Å². The lowest BCUT2D eigenvalue weighted by atomic mass is 9.95. The molecule has 0 bridgehead atoms. The summed E-state index contributed by atoms with van der Waals surface area (Å²) in [7, 11) is -3.48. The van der Waals surface area contributed by atoms with Crippen LogP contribution in [0.5, 0.6) is 0 Å². The first kappa shape index (κ1) is 15.3. The van der Waals surface area contributed by atoms with Crippen LogP contribution >= 0.6 is 0 Å². The maximum absolute atomic E-state index is 12.2. The fourth-order valence-corrected chi connectivity index (χ4v) is 3.62. The molecule has 1 aromatic rings. The monoisotopic (exact) mass is 297 g/mol. The van der Waals surface area contributed by atoms with Crippen molar-refractivity contribution in [2.45, 2.75) is 37.1 Å².